The predicted octanol–water partition coefficient (Wildman–Crippen LogP) is 4.39. The highest BCUT2D eigenvalue weighted by Gasteiger charge is 2.69. The molecule has 0 saturated heterocycles. The van der Waals surface area contributed by atoms with E-state index in [1.165, 1.54) is 24.8 Å². The molecule has 2 aliphatic carbocycles. The van der Waals surface area contributed by atoms with Crippen LogP contribution in [0, 0.1) is 16.7 Å². The van der Waals surface area contributed by atoms with Gasteiger partial charge in [0, 0.05) is 18.4 Å². The molecule has 0 spiro atoms. The molecule has 1 unspecified atom stereocenters. The molecule has 2 nitrogen and oxygen atoms in total. The summed E-state index contributed by atoms with van der Waals surface area (Å²) in [6.45, 7) is 9.29. The van der Waals surface area contributed by atoms with Gasteiger partial charge in [0.1, 0.15) is 0 Å². The highest BCUT2D eigenvalue weighted by Crippen LogP contribution is 2.71. The fourth-order valence-electron chi connectivity index (χ4n) is 5.28. The zero-order valence-electron chi connectivity index (χ0n) is 15.6. The fraction of sp³-hybridized carbons (Fsp3) is 0.714. The van der Waals surface area contributed by atoms with Gasteiger partial charge in [0.15, 0.2) is 0 Å². The topological polar surface area (TPSA) is 12.5 Å². The SMILES string of the molecule is CN(C)CCOC1(Cc2ccccc2)C[C@@H]2CC[C@]1(C)C2(C)C. The zero-order chi connectivity index (χ0) is 16.7. The third kappa shape index (κ3) is 2.64. The minimum Gasteiger partial charge on any atom is -0.373 e. The molecule has 1 aromatic carbocycles. The predicted molar refractivity (Wildman–Crippen MR) is 96.6 cm³/mol. The van der Waals surface area contributed by atoms with Gasteiger partial charge in [-0.15, -0.1) is 0 Å². The van der Waals surface area contributed by atoms with Gasteiger partial charge in [-0.05, 0) is 50.3 Å². The van der Waals surface area contributed by atoms with Gasteiger partial charge in [-0.2, -0.15) is 0 Å². The van der Waals surface area contributed by atoms with Crippen molar-refractivity contribution in [1.82, 2.24) is 4.90 Å². The van der Waals surface area contributed by atoms with Crippen LogP contribution in [-0.4, -0.2) is 37.7 Å². The van der Waals surface area contributed by atoms with Crippen LogP contribution in [-0.2, 0) is 11.2 Å². The summed E-state index contributed by atoms with van der Waals surface area (Å²) in [5.41, 5.74) is 2.06. The molecule has 3 atom stereocenters. The monoisotopic (exact) mass is 315 g/mol. The van der Waals surface area contributed by atoms with Crippen LogP contribution < -0.4 is 0 Å². The summed E-state index contributed by atoms with van der Waals surface area (Å²) in [4.78, 5) is 2.22. The molecule has 128 valence electrons. The molecule has 1 aromatic rings. The number of likely N-dealkylation sites (N-methyl/N-ethyl adjacent to an activating group) is 1. The Morgan fingerprint density at radius 2 is 1.83 bits per heavy atom. The minimum absolute atomic E-state index is 0.00319. The van der Waals surface area contributed by atoms with Crippen LogP contribution in [0.25, 0.3) is 0 Å². The molecule has 2 fully saturated rings. The molecule has 2 aliphatic rings. The number of ether oxygens (including phenoxy) is 1. The van der Waals surface area contributed by atoms with Crippen molar-refractivity contribution in [3.63, 3.8) is 0 Å². The molecule has 2 bridgehead atoms. The summed E-state index contributed by atoms with van der Waals surface area (Å²) in [6, 6.07) is 10.9. The summed E-state index contributed by atoms with van der Waals surface area (Å²) in [7, 11) is 4.25. The second-order valence-corrected chi connectivity index (χ2v) is 8.80. The summed E-state index contributed by atoms with van der Waals surface area (Å²) in [6.07, 6.45) is 4.95. The quantitative estimate of drug-likeness (QED) is 0.772. The molecule has 23 heavy (non-hydrogen) atoms. The Morgan fingerprint density at radius 3 is 2.35 bits per heavy atom. The van der Waals surface area contributed by atoms with E-state index in [4.69, 9.17) is 4.74 Å². The van der Waals surface area contributed by atoms with Crippen LogP contribution in [0.1, 0.15) is 45.6 Å². The van der Waals surface area contributed by atoms with Crippen molar-refractivity contribution in [3.8, 4) is 0 Å². The Labute approximate surface area is 142 Å². The maximum Gasteiger partial charge on any atom is 0.0784 e. The van der Waals surface area contributed by atoms with Crippen molar-refractivity contribution in [1.29, 1.82) is 0 Å². The zero-order valence-corrected chi connectivity index (χ0v) is 15.6. The Bertz CT molecular complexity index is 538. The Balaban J connectivity index is 1.89. The number of benzene rings is 1. The van der Waals surface area contributed by atoms with Gasteiger partial charge < -0.3 is 9.64 Å². The van der Waals surface area contributed by atoms with E-state index >= 15 is 0 Å². The summed E-state index contributed by atoms with van der Waals surface area (Å²) in [5, 5.41) is 0. The van der Waals surface area contributed by atoms with Crippen molar-refractivity contribution < 1.29 is 4.74 Å². The third-order valence-electron chi connectivity index (χ3n) is 7.27. The average molecular weight is 316 g/mol. The average Bonchev–Trinajstić information content (AvgIpc) is 2.80. The maximum atomic E-state index is 6.74. The Morgan fingerprint density at radius 1 is 1.13 bits per heavy atom. The number of rotatable bonds is 6. The smallest absolute Gasteiger partial charge is 0.0784 e. The van der Waals surface area contributed by atoms with Gasteiger partial charge in [-0.1, -0.05) is 51.1 Å². The standard InChI is InChI=1S/C21H33NO/c1-19(2)18-11-12-20(19,3)21(16-18,23-14-13-22(4)5)15-17-9-7-6-8-10-17/h6-10,18H,11-16H2,1-5H3/t18-,20+,21?/m0/s1. The van der Waals surface area contributed by atoms with Crippen LogP contribution in [0.2, 0.25) is 0 Å². The molecule has 0 amide bonds. The largest absolute Gasteiger partial charge is 0.373 e. The third-order valence-corrected chi connectivity index (χ3v) is 7.27. The van der Waals surface area contributed by atoms with Crippen molar-refractivity contribution in [3.05, 3.63) is 35.9 Å². The first kappa shape index (κ1) is 17.0. The van der Waals surface area contributed by atoms with Gasteiger partial charge in [0.25, 0.3) is 0 Å². The lowest BCUT2D eigenvalue weighted by Crippen LogP contribution is -2.51. The molecular formula is C21H33NO. The van der Waals surface area contributed by atoms with Crippen molar-refractivity contribution in [2.75, 3.05) is 27.2 Å². The van der Waals surface area contributed by atoms with Gasteiger partial charge >= 0.3 is 0 Å². The first-order chi connectivity index (χ1) is 10.8. The highest BCUT2D eigenvalue weighted by molar-refractivity contribution is 5.25. The fourth-order valence-corrected chi connectivity index (χ4v) is 5.28. The van der Waals surface area contributed by atoms with Crippen LogP contribution in [0.4, 0.5) is 0 Å². The van der Waals surface area contributed by atoms with Gasteiger partial charge in [-0.3, -0.25) is 0 Å². The van der Waals surface area contributed by atoms with Crippen molar-refractivity contribution in [2.24, 2.45) is 16.7 Å². The molecular weight excluding hydrogens is 282 g/mol. The summed E-state index contributed by atoms with van der Waals surface area (Å²) < 4.78 is 6.74. The van der Waals surface area contributed by atoms with Crippen LogP contribution in [0.15, 0.2) is 30.3 Å². The second-order valence-electron chi connectivity index (χ2n) is 8.80. The van der Waals surface area contributed by atoms with Crippen molar-refractivity contribution in [2.45, 2.75) is 52.1 Å². The first-order valence-corrected chi connectivity index (χ1v) is 9.13. The summed E-state index contributed by atoms with van der Waals surface area (Å²) >= 11 is 0. The Kier molecular flexibility index (Phi) is 4.35. The number of hydrogen-bond donors (Lipinski definition) is 0. The van der Waals surface area contributed by atoms with Gasteiger partial charge in [-0.25, -0.2) is 0 Å². The van der Waals surface area contributed by atoms with E-state index < -0.39 is 0 Å². The maximum absolute atomic E-state index is 6.74. The number of nitrogens with zero attached hydrogens (tertiary/aromatic N) is 1. The normalized spacial score (nSPS) is 35.1. The molecule has 0 aromatic heterocycles. The molecule has 2 heteroatoms. The van der Waals surface area contributed by atoms with E-state index in [2.05, 4.69) is 70.1 Å². The van der Waals surface area contributed by atoms with Gasteiger partial charge in [0.2, 0.25) is 0 Å². The minimum atomic E-state index is -0.00319. The van der Waals surface area contributed by atoms with E-state index in [9.17, 15) is 0 Å². The van der Waals surface area contributed by atoms with E-state index in [1.54, 1.807) is 0 Å². The van der Waals surface area contributed by atoms with Crippen LogP contribution >= 0.6 is 0 Å². The lowest BCUT2D eigenvalue weighted by molar-refractivity contribution is -0.140. The van der Waals surface area contributed by atoms with Gasteiger partial charge in [0.05, 0.1) is 12.2 Å². The molecule has 2 saturated carbocycles. The van der Waals surface area contributed by atoms with E-state index in [0.29, 0.717) is 5.41 Å². The second kappa shape index (κ2) is 5.89. The number of hydrogen-bond acceptors (Lipinski definition) is 2. The molecule has 3 rings (SSSR count). The number of fused-ring (bicyclic) bond motifs is 2. The van der Waals surface area contributed by atoms with Crippen molar-refractivity contribution >= 4 is 0 Å². The lowest BCUT2D eigenvalue weighted by Gasteiger charge is -2.49. The van der Waals surface area contributed by atoms with E-state index in [1.807, 2.05) is 0 Å². The molecule has 0 aliphatic heterocycles. The lowest BCUT2D eigenvalue weighted by atomic mass is 9.62. The highest BCUT2D eigenvalue weighted by atomic mass is 16.5. The molecule has 0 N–H and O–H groups in total. The van der Waals surface area contributed by atoms with Crippen LogP contribution in [0.5, 0.6) is 0 Å². The molecule has 0 radical (unpaired) electrons. The Hall–Kier alpha value is -0.860. The summed E-state index contributed by atoms with van der Waals surface area (Å²) in [5.74, 6) is 0.801. The first-order valence-electron chi connectivity index (χ1n) is 9.13. The molecule has 0 heterocycles. The van der Waals surface area contributed by atoms with E-state index in [0.717, 1.165) is 25.5 Å². The van der Waals surface area contributed by atoms with E-state index in [-0.39, 0.29) is 11.0 Å². The van der Waals surface area contributed by atoms with Crippen LogP contribution in [0.3, 0.4) is 0 Å².